The number of benzene rings is 1. The fraction of sp³-hybridized carbons (Fsp3) is 0.533. The lowest BCUT2D eigenvalue weighted by Crippen LogP contribution is -2.30. The van der Waals surface area contributed by atoms with Gasteiger partial charge in [-0.1, -0.05) is 19.4 Å². The maximum atomic E-state index is 13.8. The van der Waals surface area contributed by atoms with E-state index in [0.29, 0.717) is 6.54 Å². The number of likely N-dealkylation sites (N-methyl/N-ethyl adjacent to an activating group) is 1. The highest BCUT2D eigenvalue weighted by Crippen LogP contribution is 2.29. The van der Waals surface area contributed by atoms with Crippen molar-refractivity contribution in [1.29, 1.82) is 0 Å². The van der Waals surface area contributed by atoms with Gasteiger partial charge in [-0.25, -0.2) is 4.39 Å². The molecule has 1 aliphatic heterocycles. The van der Waals surface area contributed by atoms with Gasteiger partial charge in [0.1, 0.15) is 6.17 Å². The Hall–Kier alpha value is -1.62. The Labute approximate surface area is 118 Å². The number of hydrogen-bond acceptors (Lipinski definition) is 3. The van der Waals surface area contributed by atoms with Crippen molar-refractivity contribution in [3.05, 3.63) is 29.6 Å². The summed E-state index contributed by atoms with van der Waals surface area (Å²) < 4.78 is 18.7. The Morgan fingerprint density at radius 2 is 2.15 bits per heavy atom. The van der Waals surface area contributed by atoms with Gasteiger partial charge >= 0.3 is 0 Å². The Balaban J connectivity index is 2.26. The van der Waals surface area contributed by atoms with Gasteiger partial charge in [0.05, 0.1) is 13.2 Å². The van der Waals surface area contributed by atoms with E-state index in [0.717, 1.165) is 18.4 Å². The van der Waals surface area contributed by atoms with Crippen LogP contribution >= 0.6 is 0 Å². The number of carbonyl (C=O) groups is 1. The van der Waals surface area contributed by atoms with Crippen LogP contribution in [-0.2, 0) is 4.79 Å². The Bertz CT molecular complexity index is 493. The molecule has 0 saturated carbocycles. The van der Waals surface area contributed by atoms with Gasteiger partial charge in [-0.05, 0) is 31.0 Å². The fourth-order valence-electron chi connectivity index (χ4n) is 2.64. The van der Waals surface area contributed by atoms with Crippen molar-refractivity contribution in [2.45, 2.75) is 38.9 Å². The Morgan fingerprint density at radius 1 is 1.40 bits per heavy atom. The van der Waals surface area contributed by atoms with Crippen LogP contribution in [0.2, 0.25) is 0 Å². The zero-order valence-electron chi connectivity index (χ0n) is 12.1. The van der Waals surface area contributed by atoms with Crippen molar-refractivity contribution < 1.29 is 13.9 Å². The van der Waals surface area contributed by atoms with Crippen molar-refractivity contribution >= 4 is 5.91 Å². The van der Waals surface area contributed by atoms with Crippen LogP contribution in [-0.4, -0.2) is 30.5 Å². The zero-order valence-corrected chi connectivity index (χ0v) is 12.1. The zero-order chi connectivity index (χ0) is 14.7. The number of rotatable bonds is 5. The van der Waals surface area contributed by atoms with E-state index >= 15 is 0 Å². The standard InChI is InChI=1S/C15H21FN2O2/c1-4-6-12-15(19)18(5-2)14(17-12)10-7-8-13(20-3)11(16)9-10/h7-9,12,14,17H,4-6H2,1-3H3. The molecule has 1 heterocycles. The number of nitrogens with zero attached hydrogens (tertiary/aromatic N) is 1. The summed E-state index contributed by atoms with van der Waals surface area (Å²) in [4.78, 5) is 14.0. The van der Waals surface area contributed by atoms with E-state index in [1.54, 1.807) is 17.0 Å². The number of ether oxygens (including phenoxy) is 1. The maximum absolute atomic E-state index is 13.8. The minimum atomic E-state index is -0.408. The number of nitrogens with one attached hydrogen (secondary N) is 1. The van der Waals surface area contributed by atoms with Gasteiger partial charge in [-0.2, -0.15) is 0 Å². The molecule has 1 aromatic carbocycles. The van der Waals surface area contributed by atoms with E-state index in [2.05, 4.69) is 5.32 Å². The first-order valence-electron chi connectivity index (χ1n) is 7.02. The van der Waals surface area contributed by atoms with Gasteiger partial charge in [0, 0.05) is 6.54 Å². The summed E-state index contributed by atoms with van der Waals surface area (Å²) in [7, 11) is 1.44. The van der Waals surface area contributed by atoms with Crippen molar-refractivity contribution in [1.82, 2.24) is 10.2 Å². The third-order valence-electron chi connectivity index (χ3n) is 3.66. The molecule has 2 atom stereocenters. The van der Waals surface area contributed by atoms with E-state index < -0.39 is 5.82 Å². The molecule has 0 aromatic heterocycles. The van der Waals surface area contributed by atoms with Crippen LogP contribution < -0.4 is 10.1 Å². The van der Waals surface area contributed by atoms with E-state index in [4.69, 9.17) is 4.74 Å². The molecular formula is C15H21FN2O2. The highest BCUT2D eigenvalue weighted by Gasteiger charge is 2.38. The van der Waals surface area contributed by atoms with E-state index in [1.807, 2.05) is 13.8 Å². The molecule has 2 unspecified atom stereocenters. The van der Waals surface area contributed by atoms with Gasteiger partial charge < -0.3 is 9.64 Å². The number of hydrogen-bond donors (Lipinski definition) is 1. The summed E-state index contributed by atoms with van der Waals surface area (Å²) in [6, 6.07) is 4.65. The van der Waals surface area contributed by atoms with Crippen molar-refractivity contribution in [2.75, 3.05) is 13.7 Å². The number of carbonyl (C=O) groups excluding carboxylic acids is 1. The highest BCUT2D eigenvalue weighted by atomic mass is 19.1. The molecule has 1 N–H and O–H groups in total. The monoisotopic (exact) mass is 280 g/mol. The number of halogens is 1. The van der Waals surface area contributed by atoms with Crippen molar-refractivity contribution in [3.63, 3.8) is 0 Å². The number of amides is 1. The smallest absolute Gasteiger partial charge is 0.241 e. The van der Waals surface area contributed by atoms with Crippen LogP contribution in [0.25, 0.3) is 0 Å². The van der Waals surface area contributed by atoms with Gasteiger partial charge in [0.2, 0.25) is 5.91 Å². The summed E-state index contributed by atoms with van der Waals surface area (Å²) in [6.07, 6.45) is 1.47. The molecule has 1 aromatic rings. The third kappa shape index (κ3) is 2.63. The van der Waals surface area contributed by atoms with E-state index in [1.165, 1.54) is 13.2 Å². The van der Waals surface area contributed by atoms with Gasteiger partial charge in [0.15, 0.2) is 11.6 Å². The minimum absolute atomic E-state index is 0.0931. The summed E-state index contributed by atoms with van der Waals surface area (Å²) in [6.45, 7) is 4.58. The van der Waals surface area contributed by atoms with E-state index in [-0.39, 0.29) is 23.9 Å². The van der Waals surface area contributed by atoms with Gasteiger partial charge in [-0.3, -0.25) is 10.1 Å². The quantitative estimate of drug-likeness (QED) is 0.901. The molecule has 0 bridgehead atoms. The molecular weight excluding hydrogens is 259 g/mol. The fourth-order valence-corrected chi connectivity index (χ4v) is 2.64. The van der Waals surface area contributed by atoms with Gasteiger partial charge in [-0.15, -0.1) is 0 Å². The van der Waals surface area contributed by atoms with Crippen LogP contribution in [0.4, 0.5) is 4.39 Å². The minimum Gasteiger partial charge on any atom is -0.494 e. The molecule has 1 aliphatic rings. The summed E-state index contributed by atoms with van der Waals surface area (Å²) in [5.74, 6) is -0.101. The molecule has 2 rings (SSSR count). The number of methoxy groups -OCH3 is 1. The first-order chi connectivity index (χ1) is 9.62. The summed E-state index contributed by atoms with van der Waals surface area (Å²) in [5, 5.41) is 3.29. The molecule has 0 aliphatic carbocycles. The first kappa shape index (κ1) is 14.8. The molecule has 4 nitrogen and oxygen atoms in total. The lowest BCUT2D eigenvalue weighted by atomic mass is 10.1. The largest absolute Gasteiger partial charge is 0.494 e. The van der Waals surface area contributed by atoms with Crippen molar-refractivity contribution in [2.24, 2.45) is 0 Å². The molecule has 5 heteroatoms. The van der Waals surface area contributed by atoms with Crippen LogP contribution in [0.3, 0.4) is 0 Å². The first-order valence-corrected chi connectivity index (χ1v) is 7.02. The normalized spacial score (nSPS) is 22.4. The predicted octanol–water partition coefficient (Wildman–Crippen LogP) is 2.45. The molecule has 20 heavy (non-hydrogen) atoms. The second-order valence-electron chi connectivity index (χ2n) is 4.93. The molecule has 0 spiro atoms. The van der Waals surface area contributed by atoms with Crippen LogP contribution in [0, 0.1) is 5.82 Å². The Kier molecular flexibility index (Phi) is 4.60. The lowest BCUT2D eigenvalue weighted by Gasteiger charge is -2.23. The molecule has 1 amide bonds. The molecule has 110 valence electrons. The van der Waals surface area contributed by atoms with Crippen LogP contribution in [0.5, 0.6) is 5.75 Å². The summed E-state index contributed by atoms with van der Waals surface area (Å²) >= 11 is 0. The summed E-state index contributed by atoms with van der Waals surface area (Å²) in [5.41, 5.74) is 0.747. The lowest BCUT2D eigenvalue weighted by molar-refractivity contribution is -0.130. The average Bonchev–Trinajstić information content (AvgIpc) is 2.76. The van der Waals surface area contributed by atoms with E-state index in [9.17, 15) is 9.18 Å². The predicted molar refractivity (Wildman–Crippen MR) is 74.9 cm³/mol. The average molecular weight is 280 g/mol. The van der Waals surface area contributed by atoms with Crippen molar-refractivity contribution in [3.8, 4) is 5.75 Å². The maximum Gasteiger partial charge on any atom is 0.241 e. The third-order valence-corrected chi connectivity index (χ3v) is 3.66. The molecule has 0 radical (unpaired) electrons. The highest BCUT2D eigenvalue weighted by molar-refractivity contribution is 5.84. The molecule has 1 saturated heterocycles. The van der Waals surface area contributed by atoms with Crippen LogP contribution in [0.1, 0.15) is 38.4 Å². The second-order valence-corrected chi connectivity index (χ2v) is 4.93. The topological polar surface area (TPSA) is 41.6 Å². The SMILES string of the molecule is CCCC1NC(c2ccc(OC)c(F)c2)N(CC)C1=O. The second kappa shape index (κ2) is 6.22. The molecule has 1 fully saturated rings. The Morgan fingerprint density at radius 3 is 2.70 bits per heavy atom. The van der Waals surface area contributed by atoms with Crippen LogP contribution in [0.15, 0.2) is 18.2 Å². The van der Waals surface area contributed by atoms with Gasteiger partial charge in [0.25, 0.3) is 0 Å².